The lowest BCUT2D eigenvalue weighted by Gasteiger charge is -2.35. The lowest BCUT2D eigenvalue weighted by atomic mass is 9.81. The van der Waals surface area contributed by atoms with Gasteiger partial charge in [0.1, 0.15) is 18.0 Å². The van der Waals surface area contributed by atoms with Gasteiger partial charge in [-0.05, 0) is 33.1 Å². The minimum absolute atomic E-state index is 0.101. The second-order valence-corrected chi connectivity index (χ2v) is 8.53. The number of imidazole rings is 1. The predicted molar refractivity (Wildman–Crippen MR) is 119 cm³/mol. The van der Waals surface area contributed by atoms with E-state index in [9.17, 15) is 4.79 Å². The largest absolute Gasteiger partial charge is 0.381 e. The van der Waals surface area contributed by atoms with E-state index < -0.39 is 0 Å². The molecule has 0 unspecified atom stereocenters. The summed E-state index contributed by atoms with van der Waals surface area (Å²) in [5.74, 6) is 2.53. The van der Waals surface area contributed by atoms with Crippen LogP contribution in [0.1, 0.15) is 32.0 Å². The van der Waals surface area contributed by atoms with Gasteiger partial charge in [-0.3, -0.25) is 4.79 Å². The van der Waals surface area contributed by atoms with Crippen LogP contribution in [0.2, 0.25) is 0 Å². The normalized spacial score (nSPS) is 22.8. The summed E-state index contributed by atoms with van der Waals surface area (Å²) in [5.41, 5.74) is 2.33. The van der Waals surface area contributed by atoms with Gasteiger partial charge in [-0.15, -0.1) is 0 Å². The number of methoxy groups -OCH3 is 1. The third-order valence-electron chi connectivity index (χ3n) is 6.51. The third-order valence-corrected chi connectivity index (χ3v) is 6.51. The van der Waals surface area contributed by atoms with Crippen molar-refractivity contribution in [3.05, 3.63) is 24.5 Å². The molecule has 0 radical (unpaired) electrons. The molecule has 3 aromatic heterocycles. The van der Waals surface area contributed by atoms with Crippen molar-refractivity contribution in [3.63, 3.8) is 0 Å². The van der Waals surface area contributed by atoms with E-state index in [1.54, 1.807) is 25.8 Å². The van der Waals surface area contributed by atoms with Crippen LogP contribution < -0.4 is 5.32 Å². The summed E-state index contributed by atoms with van der Waals surface area (Å²) in [5, 5.41) is 3.51. The highest BCUT2D eigenvalue weighted by Gasteiger charge is 2.39. The first-order valence-electron chi connectivity index (χ1n) is 11.2. The quantitative estimate of drug-likeness (QED) is 0.625. The van der Waals surface area contributed by atoms with Gasteiger partial charge in [-0.2, -0.15) is 0 Å². The van der Waals surface area contributed by atoms with Crippen molar-refractivity contribution >= 4 is 22.9 Å². The van der Waals surface area contributed by atoms with Gasteiger partial charge in [0.2, 0.25) is 5.91 Å². The monoisotopic (exact) mass is 436 g/mol. The predicted octanol–water partition coefficient (Wildman–Crippen LogP) is 2.05. The van der Waals surface area contributed by atoms with Crippen LogP contribution in [-0.2, 0) is 16.1 Å². The van der Waals surface area contributed by atoms with Crippen molar-refractivity contribution in [2.24, 2.45) is 5.92 Å². The molecule has 4 heterocycles. The number of hydrogen-bond acceptors (Lipinski definition) is 8. The number of hydrogen-bond donors (Lipinski definition) is 1. The van der Waals surface area contributed by atoms with Gasteiger partial charge < -0.3 is 19.5 Å². The average Bonchev–Trinajstić information content (AvgIpc) is 3.38. The molecule has 1 amide bonds. The molecular formula is C22H28N8O2. The number of fused-ring (bicyclic) bond motifs is 1. The van der Waals surface area contributed by atoms with Gasteiger partial charge >= 0.3 is 0 Å². The molecule has 3 aromatic rings. The fraction of sp³-hybridized carbons (Fsp3) is 0.545. The number of aryl methyl sites for hydroxylation is 2. The van der Waals surface area contributed by atoms with Gasteiger partial charge in [-0.25, -0.2) is 24.9 Å². The highest BCUT2D eigenvalue weighted by molar-refractivity contribution is 5.86. The number of anilines is 1. The van der Waals surface area contributed by atoms with Crippen LogP contribution in [0.25, 0.3) is 22.6 Å². The Morgan fingerprint density at radius 3 is 2.72 bits per heavy atom. The molecule has 10 nitrogen and oxygen atoms in total. The molecule has 1 saturated carbocycles. The minimum atomic E-state index is 0.101. The Hall–Kier alpha value is -3.14. The van der Waals surface area contributed by atoms with Gasteiger partial charge in [0.15, 0.2) is 17.0 Å². The standard InChI is InChI=1S/C22H28N8O2/c1-4-30-20(15-9-23-13(2)24-10-15)28-18-19(25-12-26-21(18)30)27-16-5-6-29(11-16)22(31)14-7-17(8-14)32-3/h9-10,12,14,16-17H,4-8,11H2,1-3H3,(H,25,26,27)/t14-,16-,17-/m0/s1. The fourth-order valence-electron chi connectivity index (χ4n) is 4.56. The summed E-state index contributed by atoms with van der Waals surface area (Å²) in [7, 11) is 1.71. The third kappa shape index (κ3) is 3.68. The van der Waals surface area contributed by atoms with Crippen LogP contribution in [0.5, 0.6) is 0 Å². The van der Waals surface area contributed by atoms with Crippen LogP contribution in [-0.4, -0.2) is 72.6 Å². The van der Waals surface area contributed by atoms with Crippen molar-refractivity contribution in [3.8, 4) is 11.4 Å². The lowest BCUT2D eigenvalue weighted by molar-refractivity contribution is -0.142. The molecule has 1 aliphatic carbocycles. The van der Waals surface area contributed by atoms with Crippen molar-refractivity contribution in [2.75, 3.05) is 25.5 Å². The summed E-state index contributed by atoms with van der Waals surface area (Å²) >= 11 is 0. The molecule has 0 spiro atoms. The van der Waals surface area contributed by atoms with E-state index in [0.29, 0.717) is 18.9 Å². The Morgan fingerprint density at radius 2 is 2.00 bits per heavy atom. The Kier molecular flexibility index (Phi) is 5.46. The maximum Gasteiger partial charge on any atom is 0.225 e. The number of ether oxygens (including phenoxy) is 1. The molecule has 1 N–H and O–H groups in total. The highest BCUT2D eigenvalue weighted by Crippen LogP contribution is 2.33. The number of carbonyl (C=O) groups is 1. The van der Waals surface area contributed by atoms with Gasteiger partial charge in [0.05, 0.1) is 11.7 Å². The van der Waals surface area contributed by atoms with Gasteiger partial charge in [0.25, 0.3) is 0 Å². The summed E-state index contributed by atoms with van der Waals surface area (Å²) in [6, 6.07) is 0.133. The topological polar surface area (TPSA) is 111 Å². The Balaban J connectivity index is 1.35. The maximum absolute atomic E-state index is 12.8. The molecule has 1 saturated heterocycles. The van der Waals surface area contributed by atoms with E-state index in [4.69, 9.17) is 9.72 Å². The molecule has 168 valence electrons. The molecular weight excluding hydrogens is 408 g/mol. The second-order valence-electron chi connectivity index (χ2n) is 8.53. The van der Waals surface area contributed by atoms with Crippen LogP contribution in [0.15, 0.2) is 18.7 Å². The molecule has 32 heavy (non-hydrogen) atoms. The van der Waals surface area contributed by atoms with Crippen molar-refractivity contribution in [1.29, 1.82) is 0 Å². The number of rotatable bonds is 6. The van der Waals surface area contributed by atoms with Gasteiger partial charge in [-0.1, -0.05) is 0 Å². The zero-order chi connectivity index (χ0) is 22.2. The Morgan fingerprint density at radius 1 is 1.22 bits per heavy atom. The number of nitrogens with one attached hydrogen (secondary N) is 1. The number of carbonyl (C=O) groups excluding carboxylic acids is 1. The highest BCUT2D eigenvalue weighted by atomic mass is 16.5. The van der Waals surface area contributed by atoms with Crippen LogP contribution in [0.4, 0.5) is 5.82 Å². The first-order valence-corrected chi connectivity index (χ1v) is 11.2. The van der Waals surface area contributed by atoms with Crippen LogP contribution in [0, 0.1) is 12.8 Å². The molecule has 1 aliphatic heterocycles. The molecule has 2 fully saturated rings. The second kappa shape index (κ2) is 8.42. The first-order chi connectivity index (χ1) is 15.6. The lowest BCUT2D eigenvalue weighted by Crippen LogP contribution is -2.44. The van der Waals surface area contributed by atoms with E-state index in [2.05, 4.69) is 32.2 Å². The van der Waals surface area contributed by atoms with Crippen molar-refractivity contribution in [1.82, 2.24) is 34.4 Å². The molecule has 0 aromatic carbocycles. The molecule has 1 atom stereocenters. The summed E-state index contributed by atoms with van der Waals surface area (Å²) in [6.45, 7) is 6.06. The molecule has 2 aliphatic rings. The minimum Gasteiger partial charge on any atom is -0.381 e. The first kappa shape index (κ1) is 20.7. The van der Waals surface area contributed by atoms with E-state index in [-0.39, 0.29) is 24.0 Å². The van der Waals surface area contributed by atoms with E-state index in [0.717, 1.165) is 54.2 Å². The van der Waals surface area contributed by atoms with E-state index >= 15 is 0 Å². The number of likely N-dealkylation sites (tertiary alicyclic amines) is 1. The molecule has 0 bridgehead atoms. The average molecular weight is 437 g/mol. The van der Waals surface area contributed by atoms with E-state index in [1.807, 2.05) is 16.4 Å². The summed E-state index contributed by atoms with van der Waals surface area (Å²) in [6.07, 6.45) is 7.90. The van der Waals surface area contributed by atoms with E-state index in [1.165, 1.54) is 0 Å². The smallest absolute Gasteiger partial charge is 0.225 e. The SMILES string of the molecule is CCn1c(-c2cnc(C)nc2)nc2c(N[C@H]3CCN(C(=O)[C@H]4C[C@H](OC)C4)C3)ncnc21. The Labute approximate surface area is 186 Å². The fourth-order valence-corrected chi connectivity index (χ4v) is 4.56. The number of amides is 1. The molecule has 10 heteroatoms. The van der Waals surface area contributed by atoms with Crippen molar-refractivity contribution in [2.45, 2.75) is 51.8 Å². The van der Waals surface area contributed by atoms with Crippen LogP contribution >= 0.6 is 0 Å². The summed E-state index contributed by atoms with van der Waals surface area (Å²) in [4.78, 5) is 37.1. The zero-order valence-electron chi connectivity index (χ0n) is 18.7. The van der Waals surface area contributed by atoms with Gasteiger partial charge in [0, 0.05) is 51.1 Å². The maximum atomic E-state index is 12.8. The number of aromatic nitrogens is 6. The molecule has 5 rings (SSSR count). The summed E-state index contributed by atoms with van der Waals surface area (Å²) < 4.78 is 7.36. The number of nitrogens with zero attached hydrogens (tertiary/aromatic N) is 7. The zero-order valence-corrected chi connectivity index (χ0v) is 18.7. The van der Waals surface area contributed by atoms with Crippen LogP contribution in [0.3, 0.4) is 0 Å². The Bertz CT molecular complexity index is 1120. The van der Waals surface area contributed by atoms with Crippen molar-refractivity contribution < 1.29 is 9.53 Å².